The van der Waals surface area contributed by atoms with Crippen LogP contribution in [0.3, 0.4) is 0 Å². The SMILES string of the molecule is C.CC(C)P(=O)(O)OC[C@H]1O[C@@H](C)CC1OP(=O)(O)C(C)C.CC(C)P(=O)(O)OC[C@H]1O[C@@H](C)C[C@@H]1OP(=O)(O)O[C@H]1O[C@@H](C)C[C@@H]1OP(=O)(O)C(C)C.CC(C)P(=O)(O)OC[C@H]1O[C@@H](C)C[C@@H]1OP(=O)(O)O[C@H]1O[C@@H](C)C[C@@H]1OP(=O)(O)O[C@H]1O[C@@H](C)CC1OP(=O)(O)C(C)C. The Morgan fingerprint density at radius 1 is 0.278 bits per heavy atom. The van der Waals surface area contributed by atoms with E-state index < -0.39 is 201 Å². The van der Waals surface area contributed by atoms with Crippen molar-refractivity contribution in [2.45, 2.75) is 315 Å². The van der Waals surface area contributed by atoms with E-state index in [9.17, 15) is 85.1 Å². The molecule has 578 valence electrons. The lowest BCUT2D eigenvalue weighted by Gasteiger charge is -2.27. The zero-order chi connectivity index (χ0) is 73.4. The highest BCUT2D eigenvalue weighted by Gasteiger charge is 2.52. The summed E-state index contributed by atoms with van der Waals surface area (Å²) in [5.74, 6) is 0. The summed E-state index contributed by atoms with van der Waals surface area (Å²) in [4.78, 5) is 90.7. The van der Waals surface area contributed by atoms with Crippen molar-refractivity contribution >= 4 is 69.0 Å². The van der Waals surface area contributed by atoms with E-state index in [2.05, 4.69) is 0 Å². The van der Waals surface area contributed by atoms with Gasteiger partial charge in [-0.25, -0.2) is 13.7 Å². The Balaban J connectivity index is 0.000000400. The van der Waals surface area contributed by atoms with Crippen molar-refractivity contribution in [1.82, 2.24) is 0 Å². The first-order valence-corrected chi connectivity index (χ1v) is 45.9. The summed E-state index contributed by atoms with van der Waals surface area (Å²) in [5, 5.41) is 0. The van der Waals surface area contributed by atoms with Crippen molar-refractivity contribution in [1.29, 1.82) is 0 Å². The first-order chi connectivity index (χ1) is 43.6. The maximum absolute atomic E-state index is 13.0. The molecule has 0 radical (unpaired) electrons. The Morgan fingerprint density at radius 2 is 0.454 bits per heavy atom. The van der Waals surface area contributed by atoms with Crippen LogP contribution >= 0.6 is 69.0 Å². The molecule has 0 aromatic heterocycles. The third kappa shape index (κ3) is 29.6. The summed E-state index contributed by atoms with van der Waals surface area (Å²) < 4.78 is 207. The Labute approximate surface area is 569 Å². The zero-order valence-corrected chi connectivity index (χ0v) is 65.3. The standard InChI is InChI=1S/C22H44O17P4.C17H35O12P3.C12H26O7P2.CH4/c1-12(2)40(23,24)31-11-20-17(8-14(5)32-20)36-42(27,28)39-22-19(10-16(7)34-22)37-43(29,30)38-21-18(9-15(6)33-21)35-41(25,26)13(3)4;1-10(2)30(18,19)24-9-16-14(7-12(5)25-16)28-32(22,23)29-17-15(8-13(6)26-17)27-31(20,21)11(3)4;1-8(2)20(13,14)17-7-12-11(6-10(5)18-12)19-21(15,16)9(3)4;/h12-22H,8-11H2,1-7H3,(H,23,24)(H,25,26)(H,27,28)(H,29,30);10-17H,7-9H2,1-6H3,(H,18,19)(H,20,21)(H,22,23);8-12H,6-7H2,1-5H3,(H,13,14)(H,15,16);1H4/t14-,15-,16-,17-,18?,19-,20+,21+,22+;12-,13-,14-,15-,16+,17+;10-,11?,12+;/m000./s1. The number of hydrogen-bond donors (Lipinski definition) is 9. The number of phosphoric ester groups is 3. The molecule has 6 fully saturated rings. The average Bonchev–Trinajstić information content (AvgIpc) is 1.88. The summed E-state index contributed by atoms with van der Waals surface area (Å²) in [6.45, 7) is 27.7. The number of hydrogen-bond acceptors (Lipinski definition) is 27. The minimum absolute atomic E-state index is 0. The Hall–Kier alpha value is 0.990. The molecule has 0 amide bonds. The average molecular weight is 1590 g/mol. The molecule has 97 heavy (non-hydrogen) atoms. The van der Waals surface area contributed by atoms with E-state index in [1.165, 1.54) is 55.4 Å². The van der Waals surface area contributed by atoms with Gasteiger partial charge in [0, 0.05) is 38.5 Å². The maximum Gasteiger partial charge on any atom is 0.475 e. The summed E-state index contributed by atoms with van der Waals surface area (Å²) in [6.07, 6.45) is -14.7. The van der Waals surface area contributed by atoms with Gasteiger partial charge in [-0.2, -0.15) is 0 Å². The van der Waals surface area contributed by atoms with Gasteiger partial charge in [0.1, 0.15) is 48.8 Å². The molecule has 0 saturated carbocycles. The molecule has 6 aliphatic rings. The van der Waals surface area contributed by atoms with Crippen molar-refractivity contribution in [3.8, 4) is 0 Å². The van der Waals surface area contributed by atoms with Crippen molar-refractivity contribution in [2.24, 2.45) is 0 Å². The highest BCUT2D eigenvalue weighted by atomic mass is 31.2. The molecule has 45 heteroatoms. The van der Waals surface area contributed by atoms with Crippen LogP contribution in [0.2, 0.25) is 0 Å². The lowest BCUT2D eigenvalue weighted by atomic mass is 10.1. The summed E-state index contributed by atoms with van der Waals surface area (Å²) in [6, 6.07) is 0. The van der Waals surface area contributed by atoms with Crippen molar-refractivity contribution in [2.75, 3.05) is 19.8 Å². The highest BCUT2D eigenvalue weighted by molar-refractivity contribution is 7.55. The molecule has 6 saturated heterocycles. The molecule has 0 spiro atoms. The molecule has 0 bridgehead atoms. The fraction of sp³-hybridized carbons (Fsp3) is 1.00. The molecule has 0 aromatic carbocycles. The fourth-order valence-corrected chi connectivity index (χ4v) is 17.1. The number of rotatable bonds is 33. The molecule has 6 rings (SSSR count). The summed E-state index contributed by atoms with van der Waals surface area (Å²) in [7, 11) is -38.0. The third-order valence-electron chi connectivity index (χ3n) is 15.4. The van der Waals surface area contributed by atoms with Gasteiger partial charge >= 0.3 is 69.0 Å². The van der Waals surface area contributed by atoms with Crippen molar-refractivity contribution in [3.63, 3.8) is 0 Å². The molecule has 36 nitrogen and oxygen atoms in total. The fourth-order valence-electron chi connectivity index (χ4n) is 9.44. The topological polar surface area (TPSA) is 502 Å². The molecule has 11 unspecified atom stereocenters. The second-order valence-corrected chi connectivity index (χ2v) is 44.7. The maximum atomic E-state index is 13.0. The third-order valence-corrected chi connectivity index (χ3v) is 29.6. The quantitative estimate of drug-likeness (QED) is 0.0276. The van der Waals surface area contributed by atoms with E-state index in [-0.39, 0.29) is 71.6 Å². The number of ether oxygens (including phenoxy) is 6. The first kappa shape index (κ1) is 92.2. The predicted octanol–water partition coefficient (Wildman–Crippen LogP) is 10.8. The van der Waals surface area contributed by atoms with Crippen molar-refractivity contribution in [3.05, 3.63) is 0 Å². The zero-order valence-electron chi connectivity index (χ0n) is 57.3. The molecule has 6 aliphatic heterocycles. The van der Waals surface area contributed by atoms with Crippen LogP contribution < -0.4 is 0 Å². The van der Waals surface area contributed by atoms with Crippen LogP contribution in [0.5, 0.6) is 0 Å². The minimum atomic E-state index is -4.99. The van der Waals surface area contributed by atoms with E-state index in [1.54, 1.807) is 62.3 Å². The van der Waals surface area contributed by atoms with Gasteiger partial charge in [0.25, 0.3) is 0 Å². The normalized spacial score (nSPS) is 36.5. The molecule has 6 heterocycles. The van der Waals surface area contributed by atoms with Gasteiger partial charge in [0.05, 0.1) is 96.5 Å². The van der Waals surface area contributed by atoms with Gasteiger partial charge in [-0.05, 0) is 41.5 Å². The molecule has 0 aromatic rings. The second kappa shape index (κ2) is 37.7. The van der Waals surface area contributed by atoms with Crippen LogP contribution in [0, 0.1) is 0 Å². The van der Waals surface area contributed by atoms with E-state index in [0.717, 1.165) is 0 Å². The van der Waals surface area contributed by atoms with E-state index in [4.69, 9.17) is 82.7 Å². The van der Waals surface area contributed by atoms with Crippen LogP contribution in [0.1, 0.15) is 171 Å². The van der Waals surface area contributed by atoms with E-state index in [1.807, 2.05) is 6.92 Å². The smallest absolute Gasteiger partial charge is 0.370 e. The molecule has 27 atom stereocenters. The van der Waals surface area contributed by atoms with Crippen LogP contribution in [-0.2, 0) is 124 Å². The Morgan fingerprint density at radius 3 is 0.680 bits per heavy atom. The summed E-state index contributed by atoms with van der Waals surface area (Å²) >= 11 is 0. The van der Waals surface area contributed by atoms with Crippen LogP contribution in [0.15, 0.2) is 0 Å². The van der Waals surface area contributed by atoms with Gasteiger partial charge in [0.15, 0.2) is 18.9 Å². The molecule has 0 aliphatic carbocycles. The number of phosphoric acid groups is 3. The Kier molecular flexibility index (Phi) is 35.8. The summed E-state index contributed by atoms with van der Waals surface area (Å²) in [5.41, 5.74) is -3.76. The first-order valence-electron chi connectivity index (χ1n) is 31.5. The lowest BCUT2D eigenvalue weighted by molar-refractivity contribution is -0.138. The van der Waals surface area contributed by atoms with Crippen LogP contribution in [0.4, 0.5) is 0 Å². The van der Waals surface area contributed by atoms with Crippen LogP contribution in [0.25, 0.3) is 0 Å². The van der Waals surface area contributed by atoms with Gasteiger partial charge in [-0.15, -0.1) is 0 Å². The van der Waals surface area contributed by atoms with Gasteiger partial charge in [0.2, 0.25) is 0 Å². The minimum Gasteiger partial charge on any atom is -0.370 e. The lowest BCUT2D eigenvalue weighted by Crippen LogP contribution is -2.31. The van der Waals surface area contributed by atoms with E-state index in [0.29, 0.717) is 6.42 Å². The van der Waals surface area contributed by atoms with E-state index >= 15 is 0 Å². The molecular formula is C52H109O36P9. The predicted molar refractivity (Wildman–Crippen MR) is 350 cm³/mol. The molecular weight excluding hydrogens is 1480 g/mol. The second-order valence-electron chi connectivity index (χ2n) is 26.2. The van der Waals surface area contributed by atoms with Gasteiger partial charge in [-0.3, -0.25) is 63.6 Å². The van der Waals surface area contributed by atoms with Crippen LogP contribution in [-0.4, -0.2) is 208 Å². The Bertz CT molecular complexity index is 2920. The van der Waals surface area contributed by atoms with Gasteiger partial charge < -0.3 is 90.6 Å². The van der Waals surface area contributed by atoms with Crippen molar-refractivity contribution < 1.29 is 168 Å². The monoisotopic (exact) mass is 1590 g/mol. The largest absolute Gasteiger partial charge is 0.475 e. The molecule has 9 N–H and O–H groups in total. The highest BCUT2D eigenvalue weighted by Crippen LogP contribution is 2.59. The van der Waals surface area contributed by atoms with Gasteiger partial charge in [-0.1, -0.05) is 90.5 Å².